The summed E-state index contributed by atoms with van der Waals surface area (Å²) in [6.07, 6.45) is 1.62. The molecule has 168 valence electrons. The zero-order valence-electron chi connectivity index (χ0n) is 17.3. The molecule has 3 aromatic rings. The van der Waals surface area contributed by atoms with E-state index >= 15 is 0 Å². The van der Waals surface area contributed by atoms with Crippen molar-refractivity contribution >= 4 is 40.5 Å². The van der Waals surface area contributed by atoms with Crippen LogP contribution >= 0.6 is 11.9 Å². The van der Waals surface area contributed by atoms with E-state index in [9.17, 15) is 18.0 Å². The largest absolute Gasteiger partial charge is 0.465 e. The van der Waals surface area contributed by atoms with E-state index in [0.29, 0.717) is 48.8 Å². The van der Waals surface area contributed by atoms with Gasteiger partial charge in [0.2, 0.25) is 0 Å². The third-order valence-corrected chi connectivity index (χ3v) is 5.83. The average Bonchev–Trinajstić information content (AvgIpc) is 2.81. The monoisotopic (exact) mass is 464 g/mol. The van der Waals surface area contributed by atoms with Crippen molar-refractivity contribution in [3.63, 3.8) is 0 Å². The van der Waals surface area contributed by atoms with Gasteiger partial charge < -0.3 is 18.7 Å². The molecule has 0 amide bonds. The van der Waals surface area contributed by atoms with Gasteiger partial charge in [0.05, 0.1) is 43.3 Å². The summed E-state index contributed by atoms with van der Waals surface area (Å²) >= 11 is 0.951. The Bertz CT molecular complexity index is 1150. The number of aromatic nitrogens is 2. The topological polar surface area (TPSA) is 67.8 Å². The first-order valence-corrected chi connectivity index (χ1v) is 10.4. The Hall–Kier alpha value is -3.05. The van der Waals surface area contributed by atoms with Crippen molar-refractivity contribution in [1.82, 2.24) is 9.97 Å². The predicted octanol–water partition coefficient (Wildman–Crippen LogP) is 3.81. The molecule has 32 heavy (non-hydrogen) atoms. The van der Waals surface area contributed by atoms with Crippen LogP contribution in [0, 0.1) is 17.5 Å². The van der Waals surface area contributed by atoms with Gasteiger partial charge >= 0.3 is 5.97 Å². The molecule has 11 heteroatoms. The normalized spacial score (nSPS) is 14.0. The number of nitrogens with zero attached hydrogens (tertiary/aromatic N) is 4. The number of esters is 1. The smallest absolute Gasteiger partial charge is 0.338 e. The van der Waals surface area contributed by atoms with Gasteiger partial charge in [0.1, 0.15) is 11.3 Å². The lowest BCUT2D eigenvalue weighted by Crippen LogP contribution is -2.36. The van der Waals surface area contributed by atoms with Crippen LogP contribution in [0.15, 0.2) is 35.4 Å². The van der Waals surface area contributed by atoms with Crippen molar-refractivity contribution < 1.29 is 27.4 Å². The van der Waals surface area contributed by atoms with E-state index in [0.717, 1.165) is 24.1 Å². The molecule has 0 spiro atoms. The molecular weight excluding hydrogens is 445 g/mol. The molecule has 1 saturated heterocycles. The zero-order chi connectivity index (χ0) is 22.8. The molecule has 0 bridgehead atoms. The summed E-state index contributed by atoms with van der Waals surface area (Å²) in [5.41, 5.74) is 1.65. The van der Waals surface area contributed by atoms with E-state index in [2.05, 4.69) is 4.98 Å². The van der Waals surface area contributed by atoms with Gasteiger partial charge in [-0.25, -0.2) is 22.9 Å². The standard InChI is InChI=1S/C21H19F3N4O3S/c1-27(32-13-9-14(22)19(24)15(23)10-13)17-8-12(21(29)30-2)7-16-20(17)26-18(11-25-16)28-3-5-31-6-4-28/h7-11H,3-6H2,1-2H3. The van der Waals surface area contributed by atoms with Crippen LogP contribution in [0.4, 0.5) is 24.7 Å². The van der Waals surface area contributed by atoms with E-state index in [1.54, 1.807) is 29.7 Å². The first kappa shape index (κ1) is 22.2. The lowest BCUT2D eigenvalue weighted by molar-refractivity contribution is 0.0601. The highest BCUT2D eigenvalue weighted by Gasteiger charge is 2.20. The first-order chi connectivity index (χ1) is 15.4. The van der Waals surface area contributed by atoms with Crippen LogP contribution in [-0.4, -0.2) is 56.4 Å². The maximum Gasteiger partial charge on any atom is 0.338 e. The minimum absolute atomic E-state index is 0.137. The number of halogens is 3. The van der Waals surface area contributed by atoms with Gasteiger partial charge in [-0.1, -0.05) is 0 Å². The predicted molar refractivity (Wildman–Crippen MR) is 114 cm³/mol. The van der Waals surface area contributed by atoms with Crippen LogP contribution < -0.4 is 9.21 Å². The summed E-state index contributed by atoms with van der Waals surface area (Å²) in [4.78, 5) is 23.5. The third-order valence-electron chi connectivity index (χ3n) is 4.91. The van der Waals surface area contributed by atoms with Crippen molar-refractivity contribution in [2.24, 2.45) is 0 Å². The molecule has 0 saturated carbocycles. The Morgan fingerprint density at radius 3 is 2.50 bits per heavy atom. The van der Waals surface area contributed by atoms with Crippen LogP contribution in [0.2, 0.25) is 0 Å². The fourth-order valence-corrected chi connectivity index (χ4v) is 4.17. The number of carbonyl (C=O) groups is 1. The summed E-state index contributed by atoms with van der Waals surface area (Å²) in [5, 5.41) is 0. The summed E-state index contributed by atoms with van der Waals surface area (Å²) in [7, 11) is 2.91. The van der Waals surface area contributed by atoms with Gasteiger partial charge in [-0.15, -0.1) is 0 Å². The fourth-order valence-electron chi connectivity index (χ4n) is 3.30. The maximum absolute atomic E-state index is 13.7. The van der Waals surface area contributed by atoms with Crippen molar-refractivity contribution in [1.29, 1.82) is 0 Å². The Morgan fingerprint density at radius 1 is 1.16 bits per heavy atom. The van der Waals surface area contributed by atoms with Crippen molar-refractivity contribution in [2.75, 3.05) is 49.7 Å². The second-order valence-electron chi connectivity index (χ2n) is 6.97. The second-order valence-corrected chi connectivity index (χ2v) is 8.17. The molecule has 0 atom stereocenters. The summed E-state index contributed by atoms with van der Waals surface area (Å²) < 4.78 is 52.5. The summed E-state index contributed by atoms with van der Waals surface area (Å²) in [6.45, 7) is 2.47. The summed E-state index contributed by atoms with van der Waals surface area (Å²) in [5.74, 6) is -4.03. The average molecular weight is 464 g/mol. The molecule has 0 unspecified atom stereocenters. The minimum atomic E-state index is -1.53. The molecule has 7 nitrogen and oxygen atoms in total. The Kier molecular flexibility index (Phi) is 6.38. The Labute approximate surface area is 186 Å². The number of benzene rings is 2. The molecule has 1 aliphatic heterocycles. The van der Waals surface area contributed by atoms with Gasteiger partial charge in [0.25, 0.3) is 0 Å². The Balaban J connectivity index is 1.77. The number of rotatable bonds is 5. The molecule has 1 fully saturated rings. The maximum atomic E-state index is 13.7. The van der Waals surface area contributed by atoms with E-state index in [-0.39, 0.29) is 10.5 Å². The molecule has 1 aromatic heterocycles. The van der Waals surface area contributed by atoms with Crippen LogP contribution in [0.5, 0.6) is 0 Å². The fraction of sp³-hybridized carbons (Fsp3) is 0.286. The number of hydrogen-bond donors (Lipinski definition) is 0. The lowest BCUT2D eigenvalue weighted by atomic mass is 10.1. The zero-order valence-corrected chi connectivity index (χ0v) is 18.1. The number of hydrogen-bond acceptors (Lipinski definition) is 8. The minimum Gasteiger partial charge on any atom is -0.465 e. The van der Waals surface area contributed by atoms with E-state index < -0.39 is 23.4 Å². The van der Waals surface area contributed by atoms with Gasteiger partial charge in [-0.2, -0.15) is 0 Å². The highest BCUT2D eigenvalue weighted by Crippen LogP contribution is 2.35. The lowest BCUT2D eigenvalue weighted by Gasteiger charge is -2.28. The number of carbonyl (C=O) groups excluding carboxylic acids is 1. The first-order valence-electron chi connectivity index (χ1n) is 9.65. The van der Waals surface area contributed by atoms with Gasteiger partial charge in [-0.3, -0.25) is 4.98 Å². The van der Waals surface area contributed by atoms with Crippen molar-refractivity contribution in [2.45, 2.75) is 4.90 Å². The SMILES string of the molecule is COC(=O)c1cc(N(C)Sc2cc(F)c(F)c(F)c2)c2nc(N3CCOCC3)cnc2c1. The molecule has 0 N–H and O–H groups in total. The quantitative estimate of drug-likeness (QED) is 0.321. The highest BCUT2D eigenvalue weighted by atomic mass is 32.2. The number of methoxy groups -OCH3 is 1. The number of anilines is 2. The molecule has 2 aromatic carbocycles. The molecule has 1 aliphatic rings. The van der Waals surface area contributed by atoms with Crippen molar-refractivity contribution in [3.05, 3.63) is 53.5 Å². The molecule has 2 heterocycles. The molecule has 0 radical (unpaired) electrons. The second kappa shape index (κ2) is 9.21. The van der Waals surface area contributed by atoms with E-state index in [1.165, 1.54) is 7.11 Å². The number of fused-ring (bicyclic) bond motifs is 1. The summed E-state index contributed by atoms with van der Waals surface area (Å²) in [6, 6.07) is 4.93. The van der Waals surface area contributed by atoms with Gasteiger partial charge in [-0.05, 0) is 36.2 Å². The van der Waals surface area contributed by atoms with Crippen LogP contribution in [0.3, 0.4) is 0 Å². The van der Waals surface area contributed by atoms with Crippen LogP contribution in [0.1, 0.15) is 10.4 Å². The molecule has 4 rings (SSSR count). The van der Waals surface area contributed by atoms with Crippen LogP contribution in [-0.2, 0) is 9.47 Å². The molecule has 0 aliphatic carbocycles. The van der Waals surface area contributed by atoms with E-state index in [1.807, 2.05) is 4.90 Å². The van der Waals surface area contributed by atoms with Gasteiger partial charge in [0.15, 0.2) is 17.5 Å². The van der Waals surface area contributed by atoms with Crippen LogP contribution in [0.25, 0.3) is 11.0 Å². The number of ether oxygens (including phenoxy) is 2. The molecular formula is C21H19F3N4O3S. The van der Waals surface area contributed by atoms with Crippen molar-refractivity contribution in [3.8, 4) is 0 Å². The number of morpholine rings is 1. The van der Waals surface area contributed by atoms with E-state index in [4.69, 9.17) is 14.5 Å². The van der Waals surface area contributed by atoms with Gasteiger partial charge in [0, 0.05) is 25.0 Å². The Morgan fingerprint density at radius 2 is 1.84 bits per heavy atom. The third kappa shape index (κ3) is 4.44. The highest BCUT2D eigenvalue weighted by molar-refractivity contribution is 8.00.